The molecule has 25 heteroatoms. The van der Waals surface area contributed by atoms with E-state index in [1.54, 1.807) is 4.90 Å². The summed E-state index contributed by atoms with van der Waals surface area (Å²) in [5.74, 6) is 0.0947. The van der Waals surface area contributed by atoms with E-state index in [9.17, 15) is 32.3 Å². The number of hydrogen-bond donors (Lipinski definition) is 3. The van der Waals surface area contributed by atoms with Crippen molar-refractivity contribution >= 4 is 81.5 Å². The number of hydrogen-bond acceptors (Lipinski definition) is 16. The molecule has 3 saturated heterocycles. The molecule has 14 rings (SSSR count). The summed E-state index contributed by atoms with van der Waals surface area (Å²) in [6, 6.07) is 39.7. The van der Waals surface area contributed by atoms with Crippen molar-refractivity contribution < 1.29 is 50.7 Å². The fourth-order valence-corrected chi connectivity index (χ4v) is 16.1. The van der Waals surface area contributed by atoms with Crippen LogP contribution in [-0.4, -0.2) is 162 Å². The smallest absolute Gasteiger partial charge is 0.410 e. The molecule has 3 fully saturated rings. The molecule has 6 heterocycles. The van der Waals surface area contributed by atoms with Crippen LogP contribution in [0.1, 0.15) is 179 Å². The van der Waals surface area contributed by atoms with Gasteiger partial charge in [0.25, 0.3) is 17.7 Å². The number of allylic oxidation sites excluding steroid dienone is 2. The molecule has 4 amide bonds. The molecule has 3 aliphatic heterocycles. The highest BCUT2D eigenvalue weighted by Gasteiger charge is 2.30. The maximum atomic E-state index is 13.2. The molecule has 636 valence electrons. The molecule has 4 aliphatic rings. The van der Waals surface area contributed by atoms with Crippen molar-refractivity contribution in [2.45, 2.75) is 162 Å². The lowest BCUT2D eigenvalue weighted by molar-refractivity contribution is 0.0180. The molecular formula is C94H117Cl2F3N12O8. The minimum absolute atomic E-state index is 0. The van der Waals surface area contributed by atoms with E-state index in [1.807, 2.05) is 75.2 Å². The highest BCUT2D eigenvalue weighted by Crippen LogP contribution is 2.35. The molecule has 0 saturated carbocycles. The summed E-state index contributed by atoms with van der Waals surface area (Å²) in [5.41, 5.74) is 14.9. The number of aryl methyl sites for hydroxylation is 3. The van der Waals surface area contributed by atoms with Gasteiger partial charge in [0.2, 0.25) is 0 Å². The summed E-state index contributed by atoms with van der Waals surface area (Å²) in [4.78, 5) is 63.3. The largest absolute Gasteiger partial charge is 0.444 e. The van der Waals surface area contributed by atoms with Gasteiger partial charge in [0.15, 0.2) is 16.7 Å². The summed E-state index contributed by atoms with van der Waals surface area (Å²) in [6.45, 7) is 16.8. The molecule has 3 N–H and O–H groups in total. The van der Waals surface area contributed by atoms with Gasteiger partial charge >= 0.3 is 6.09 Å². The Bertz CT molecular complexity index is 5000. The van der Waals surface area contributed by atoms with E-state index in [-0.39, 0.29) is 66.1 Å². The Kier molecular flexibility index (Phi) is 33.9. The first-order valence-corrected chi connectivity index (χ1v) is 41.5. The average molecular weight is 1670 g/mol. The number of rotatable bonds is 28. The van der Waals surface area contributed by atoms with Gasteiger partial charge in [-0.1, -0.05) is 82.2 Å². The maximum absolute atomic E-state index is 13.2. The topological polar surface area (TPSA) is 211 Å². The van der Waals surface area contributed by atoms with E-state index in [4.69, 9.17) is 18.3 Å². The van der Waals surface area contributed by atoms with Gasteiger partial charge in [-0.2, -0.15) is 0 Å². The van der Waals surface area contributed by atoms with Crippen LogP contribution in [0.25, 0.3) is 32.9 Å². The number of ether oxygens (including phenoxy) is 1. The Morgan fingerprint density at radius 1 is 0.454 bits per heavy atom. The van der Waals surface area contributed by atoms with Crippen LogP contribution >= 0.6 is 24.8 Å². The second-order valence-electron chi connectivity index (χ2n) is 33.6. The number of aromatic nitrogens is 3. The zero-order valence-corrected chi connectivity index (χ0v) is 71.9. The molecule has 7 aromatic carbocycles. The number of carbonyl (C=O) groups is 4. The Morgan fingerprint density at radius 2 is 0.798 bits per heavy atom. The minimum Gasteiger partial charge on any atom is -0.444 e. The number of carbonyl (C=O) groups excluding carboxylic acids is 4. The van der Waals surface area contributed by atoms with E-state index in [0.29, 0.717) is 86.8 Å². The second kappa shape index (κ2) is 44.0. The normalized spacial score (nSPS) is 15.1. The average Bonchev–Trinajstić information content (AvgIpc) is 1.67. The Balaban J connectivity index is 0.000000186. The predicted octanol–water partition coefficient (Wildman–Crippen LogP) is 18.1. The number of amides is 4. The Morgan fingerprint density at radius 3 is 1.13 bits per heavy atom. The number of halogens is 5. The monoisotopic (exact) mass is 1670 g/mol. The second-order valence-corrected chi connectivity index (χ2v) is 33.6. The first-order chi connectivity index (χ1) is 56.4. The van der Waals surface area contributed by atoms with Crippen LogP contribution in [0, 0.1) is 35.2 Å². The summed E-state index contributed by atoms with van der Waals surface area (Å²) in [5, 5.41) is 25.4. The molecule has 1 aliphatic carbocycles. The summed E-state index contributed by atoms with van der Waals surface area (Å²) in [6.07, 6.45) is 21.7. The van der Waals surface area contributed by atoms with Gasteiger partial charge in [-0.05, 0) is 316 Å². The van der Waals surface area contributed by atoms with Crippen LogP contribution in [0.4, 0.5) is 18.0 Å². The van der Waals surface area contributed by atoms with E-state index in [0.717, 1.165) is 174 Å². The lowest BCUT2D eigenvalue weighted by Gasteiger charge is -2.33. The Labute approximate surface area is 710 Å². The molecule has 0 atom stereocenters. The standard InChI is InChI=1S/C32H39FN4O2.C32H37FN4O2.C30H39FN4O4.2ClH/c2*1-36(2)22-29-26(20-34-32(38)25-9-12-27(33)13-10-25)11-14-28-30(35-39-31(28)29)15-8-23-16-18-37(19-17-23)21-24-6-4-3-5-7-24;1-30(2,3)38-29(37)35-16-14-20(15-17-35)6-13-26-24-12-9-22(25(19-34(4)5)27(24)39-33-26)18-32-28(36)21-7-10-23(31)11-8-21;;/h4,6-7,9-14,23H,3,5,8,15-22H2,1-2H3,(H,34,38);3-7,9-14,23H,8,15-22H2,1-2H3,(H,34,38);7-12,20H,6,13-19H2,1-5H3,(H,32,36);2*1H. The fraction of sp³-hybridized carbons (Fsp3) is 0.436. The van der Waals surface area contributed by atoms with E-state index >= 15 is 0 Å². The Hall–Kier alpha value is -9.72. The lowest BCUT2D eigenvalue weighted by Crippen LogP contribution is -2.41. The quantitative estimate of drug-likeness (QED) is 0.0416. The van der Waals surface area contributed by atoms with Crippen molar-refractivity contribution in [2.75, 3.05) is 88.1 Å². The molecule has 0 spiro atoms. The van der Waals surface area contributed by atoms with Crippen molar-refractivity contribution in [2.24, 2.45) is 17.8 Å². The van der Waals surface area contributed by atoms with Crippen LogP contribution < -0.4 is 16.0 Å². The molecule has 20 nitrogen and oxygen atoms in total. The molecule has 0 radical (unpaired) electrons. The molecule has 3 aromatic heterocycles. The first kappa shape index (κ1) is 91.6. The predicted molar refractivity (Wildman–Crippen MR) is 467 cm³/mol. The lowest BCUT2D eigenvalue weighted by atomic mass is 9.90. The molecule has 0 bridgehead atoms. The van der Waals surface area contributed by atoms with Gasteiger partial charge in [-0.25, -0.2) is 18.0 Å². The SMILES string of the molecule is CN(C)Cc1c(CNC(=O)c2ccc(F)cc2)ccc2c(CCC3CCN(C(=O)OC(C)(C)C)CC3)noc12.CN(C)Cc1c(CNC(=O)c2ccc(F)cc2)ccc2c(CCC3CCN(CC4=CCCC=C4)CC3)noc12.CN(C)Cc1c(CNC(=O)c2ccc(F)cc2)ccc2c(CCC3CCN(Cc4ccccc4)CC3)noc12.Cl.Cl. The maximum Gasteiger partial charge on any atom is 0.410 e. The van der Waals surface area contributed by atoms with Crippen LogP contribution in [0.15, 0.2) is 177 Å². The number of nitrogens with zero attached hydrogens (tertiary/aromatic N) is 9. The van der Waals surface area contributed by atoms with Crippen LogP contribution in [0.2, 0.25) is 0 Å². The van der Waals surface area contributed by atoms with Crippen molar-refractivity contribution in [1.82, 2.24) is 60.8 Å². The zero-order valence-electron chi connectivity index (χ0n) is 70.3. The summed E-state index contributed by atoms with van der Waals surface area (Å²) >= 11 is 0. The van der Waals surface area contributed by atoms with Crippen molar-refractivity contribution in [1.29, 1.82) is 0 Å². The third kappa shape index (κ3) is 26.4. The number of piperidine rings is 3. The number of fused-ring (bicyclic) bond motifs is 3. The van der Waals surface area contributed by atoms with Crippen LogP contribution in [0.3, 0.4) is 0 Å². The van der Waals surface area contributed by atoms with Gasteiger partial charge in [0, 0.05) is 115 Å². The highest BCUT2D eigenvalue weighted by atomic mass is 35.5. The third-order valence-electron chi connectivity index (χ3n) is 22.6. The van der Waals surface area contributed by atoms with Crippen molar-refractivity contribution in [3.05, 3.63) is 253 Å². The summed E-state index contributed by atoms with van der Waals surface area (Å²) < 4.78 is 62.8. The summed E-state index contributed by atoms with van der Waals surface area (Å²) in [7, 11) is 12.0. The molecule has 0 unspecified atom stereocenters. The zero-order chi connectivity index (χ0) is 82.5. The van der Waals surface area contributed by atoms with E-state index < -0.39 is 5.60 Å². The van der Waals surface area contributed by atoms with Gasteiger partial charge in [-0.3, -0.25) is 24.2 Å². The van der Waals surface area contributed by atoms with Crippen molar-refractivity contribution in [3.8, 4) is 0 Å². The fourth-order valence-electron chi connectivity index (χ4n) is 16.1. The van der Waals surface area contributed by atoms with Crippen LogP contribution in [-0.2, 0) is 69.8 Å². The minimum atomic E-state index is -0.485. The van der Waals surface area contributed by atoms with Crippen LogP contribution in [0.5, 0.6) is 0 Å². The van der Waals surface area contributed by atoms with Gasteiger partial charge in [-0.15, -0.1) is 24.8 Å². The number of likely N-dealkylation sites (tertiary alicyclic amines) is 3. The molecular weight excluding hydrogens is 1550 g/mol. The highest BCUT2D eigenvalue weighted by molar-refractivity contribution is 5.96. The van der Waals surface area contributed by atoms with Gasteiger partial charge in [0.05, 0.1) is 17.1 Å². The first-order valence-electron chi connectivity index (χ1n) is 41.5. The molecule has 10 aromatic rings. The molecule has 119 heavy (non-hydrogen) atoms. The van der Waals surface area contributed by atoms with Gasteiger partial charge < -0.3 is 53.9 Å². The van der Waals surface area contributed by atoms with E-state index in [1.165, 1.54) is 122 Å². The van der Waals surface area contributed by atoms with Crippen molar-refractivity contribution in [3.63, 3.8) is 0 Å². The van der Waals surface area contributed by atoms with E-state index in [2.05, 4.69) is 129 Å². The van der Waals surface area contributed by atoms with Gasteiger partial charge in [0.1, 0.15) is 23.1 Å². The number of benzene rings is 7. The third-order valence-corrected chi connectivity index (χ3v) is 22.6. The number of nitrogens with one attached hydrogen (secondary N) is 3.